The van der Waals surface area contributed by atoms with Gasteiger partial charge in [-0.15, -0.1) is 0 Å². The van der Waals surface area contributed by atoms with Crippen LogP contribution in [0.15, 0.2) is 51.7 Å². The predicted octanol–water partition coefficient (Wildman–Crippen LogP) is 4.42. The quantitative estimate of drug-likeness (QED) is 0.641. The van der Waals surface area contributed by atoms with Crippen LogP contribution in [0, 0.1) is 0 Å². The zero-order valence-electron chi connectivity index (χ0n) is 15.8. The summed E-state index contributed by atoms with van der Waals surface area (Å²) in [4.78, 5) is 14.6. The van der Waals surface area contributed by atoms with Crippen LogP contribution in [0.5, 0.6) is 11.5 Å². The van der Waals surface area contributed by atoms with Crippen molar-refractivity contribution in [3.05, 3.63) is 58.4 Å². The highest BCUT2D eigenvalue weighted by Gasteiger charge is 2.25. The zero-order chi connectivity index (χ0) is 19.0. The molecule has 1 aliphatic rings. The number of methoxy groups -OCH3 is 1. The summed E-state index contributed by atoms with van der Waals surface area (Å²) in [6.07, 6.45) is 1.03. The molecule has 27 heavy (non-hydrogen) atoms. The lowest BCUT2D eigenvalue weighted by Crippen LogP contribution is -2.38. The Bertz CT molecular complexity index is 1020. The third-order valence-corrected chi connectivity index (χ3v) is 5.33. The average molecular weight is 365 g/mol. The average Bonchev–Trinajstić information content (AvgIpc) is 2.72. The summed E-state index contributed by atoms with van der Waals surface area (Å²) in [5.74, 6) is 1.57. The van der Waals surface area contributed by atoms with E-state index in [2.05, 4.69) is 18.7 Å². The van der Waals surface area contributed by atoms with Gasteiger partial charge in [-0.1, -0.05) is 19.1 Å². The molecular weight excluding hydrogens is 342 g/mol. The molecular formula is C22H23NO4. The number of nitrogens with zero attached hydrogens (tertiary/aromatic N) is 1. The van der Waals surface area contributed by atoms with Crippen LogP contribution in [-0.4, -0.2) is 24.8 Å². The Morgan fingerprint density at radius 2 is 1.96 bits per heavy atom. The van der Waals surface area contributed by atoms with Gasteiger partial charge in [0.05, 0.1) is 12.7 Å². The number of rotatable bonds is 4. The van der Waals surface area contributed by atoms with Crippen LogP contribution in [-0.2, 0) is 6.54 Å². The van der Waals surface area contributed by atoms with Gasteiger partial charge in [0.2, 0.25) is 0 Å². The first-order chi connectivity index (χ1) is 13.1. The van der Waals surface area contributed by atoms with Gasteiger partial charge in [-0.05, 0) is 48.7 Å². The Labute approximate surface area is 158 Å². The molecule has 0 radical (unpaired) electrons. The second-order valence-corrected chi connectivity index (χ2v) is 6.90. The fourth-order valence-corrected chi connectivity index (χ4v) is 3.50. The SMILES string of the molecule is CC[C@@H](C)N1COc2ccc3c(-c4ccc(OC)cc4)cc(=O)oc3c2C1. The van der Waals surface area contributed by atoms with E-state index in [1.54, 1.807) is 13.2 Å². The second kappa shape index (κ2) is 7.08. The molecule has 3 aromatic rings. The largest absolute Gasteiger partial charge is 0.497 e. The fraction of sp³-hybridized carbons (Fsp3) is 0.318. The molecule has 2 aromatic carbocycles. The molecule has 1 aromatic heterocycles. The summed E-state index contributed by atoms with van der Waals surface area (Å²) in [5.41, 5.74) is 2.99. The summed E-state index contributed by atoms with van der Waals surface area (Å²) < 4.78 is 16.8. The molecule has 0 saturated carbocycles. The van der Waals surface area contributed by atoms with Crippen molar-refractivity contribution in [3.8, 4) is 22.6 Å². The summed E-state index contributed by atoms with van der Waals surface area (Å²) in [7, 11) is 1.64. The van der Waals surface area contributed by atoms with Crippen LogP contribution in [0.25, 0.3) is 22.1 Å². The van der Waals surface area contributed by atoms with Crippen LogP contribution < -0.4 is 15.1 Å². The minimum absolute atomic E-state index is 0.359. The molecule has 5 nitrogen and oxygen atoms in total. The van der Waals surface area contributed by atoms with Gasteiger partial charge in [0, 0.05) is 24.0 Å². The van der Waals surface area contributed by atoms with Crippen LogP contribution in [0.2, 0.25) is 0 Å². The second-order valence-electron chi connectivity index (χ2n) is 6.90. The highest BCUT2D eigenvalue weighted by molar-refractivity contribution is 5.95. The Balaban J connectivity index is 1.87. The standard InChI is InChI=1S/C22H23NO4/c1-4-14(2)23-12-19-20(26-13-23)10-9-17-18(11-21(24)27-22(17)19)15-5-7-16(25-3)8-6-15/h5-11,14H,4,12-13H2,1-3H3/t14-/m1/s1. The molecule has 140 valence electrons. The number of ether oxygens (including phenoxy) is 2. The Kier molecular flexibility index (Phi) is 4.62. The maximum Gasteiger partial charge on any atom is 0.336 e. The van der Waals surface area contributed by atoms with E-state index >= 15 is 0 Å². The molecule has 0 unspecified atom stereocenters. The highest BCUT2D eigenvalue weighted by atomic mass is 16.5. The molecule has 1 aliphatic heterocycles. The van der Waals surface area contributed by atoms with Crippen molar-refractivity contribution < 1.29 is 13.9 Å². The molecule has 2 heterocycles. The van der Waals surface area contributed by atoms with Crippen molar-refractivity contribution in [2.24, 2.45) is 0 Å². The molecule has 0 aliphatic carbocycles. The van der Waals surface area contributed by atoms with E-state index in [4.69, 9.17) is 13.9 Å². The predicted molar refractivity (Wildman–Crippen MR) is 105 cm³/mol. The van der Waals surface area contributed by atoms with Crippen LogP contribution >= 0.6 is 0 Å². The molecule has 0 amide bonds. The number of hydrogen-bond donors (Lipinski definition) is 0. The molecule has 4 rings (SSSR count). The first-order valence-corrected chi connectivity index (χ1v) is 9.21. The molecule has 1 atom stereocenters. The van der Waals surface area contributed by atoms with Gasteiger partial charge in [-0.25, -0.2) is 4.79 Å². The normalized spacial score (nSPS) is 15.2. The summed E-state index contributed by atoms with van der Waals surface area (Å²) >= 11 is 0. The highest BCUT2D eigenvalue weighted by Crippen LogP contribution is 2.36. The first-order valence-electron chi connectivity index (χ1n) is 9.21. The monoisotopic (exact) mass is 365 g/mol. The Morgan fingerprint density at radius 1 is 1.19 bits per heavy atom. The van der Waals surface area contributed by atoms with E-state index in [1.165, 1.54) is 0 Å². The minimum atomic E-state index is -0.359. The number of hydrogen-bond acceptors (Lipinski definition) is 5. The van der Waals surface area contributed by atoms with E-state index in [0.717, 1.165) is 40.0 Å². The third kappa shape index (κ3) is 3.19. The summed E-state index contributed by atoms with van der Waals surface area (Å²) in [5, 5.41) is 0.910. The van der Waals surface area contributed by atoms with Gasteiger partial charge in [-0.3, -0.25) is 4.90 Å². The van der Waals surface area contributed by atoms with Gasteiger partial charge < -0.3 is 13.9 Å². The lowest BCUT2D eigenvalue weighted by Gasteiger charge is -2.33. The maximum absolute atomic E-state index is 12.3. The zero-order valence-corrected chi connectivity index (χ0v) is 15.8. The van der Waals surface area contributed by atoms with Gasteiger partial charge >= 0.3 is 5.63 Å². The van der Waals surface area contributed by atoms with Gasteiger partial charge in [0.15, 0.2) is 0 Å². The van der Waals surface area contributed by atoms with Gasteiger partial charge in [-0.2, -0.15) is 0 Å². The number of fused-ring (bicyclic) bond motifs is 3. The smallest absolute Gasteiger partial charge is 0.336 e. The van der Waals surface area contributed by atoms with Crippen molar-refractivity contribution in [1.29, 1.82) is 0 Å². The van der Waals surface area contributed by atoms with Crippen molar-refractivity contribution in [3.63, 3.8) is 0 Å². The summed E-state index contributed by atoms with van der Waals surface area (Å²) in [6.45, 7) is 5.59. The number of benzene rings is 2. The minimum Gasteiger partial charge on any atom is -0.497 e. The first kappa shape index (κ1) is 17.6. The molecule has 0 spiro atoms. The lowest BCUT2D eigenvalue weighted by molar-refractivity contribution is 0.0609. The van der Waals surface area contributed by atoms with Gasteiger partial charge in [0.1, 0.15) is 23.8 Å². The lowest BCUT2D eigenvalue weighted by atomic mass is 9.99. The fourth-order valence-electron chi connectivity index (χ4n) is 3.50. The molecule has 0 saturated heterocycles. The van der Waals surface area contributed by atoms with Crippen molar-refractivity contribution in [2.45, 2.75) is 32.9 Å². The third-order valence-electron chi connectivity index (χ3n) is 5.33. The van der Waals surface area contributed by atoms with Crippen molar-refractivity contribution >= 4 is 11.0 Å². The van der Waals surface area contributed by atoms with E-state index in [9.17, 15) is 4.79 Å². The van der Waals surface area contributed by atoms with Crippen LogP contribution in [0.3, 0.4) is 0 Å². The maximum atomic E-state index is 12.3. The van der Waals surface area contributed by atoms with Crippen LogP contribution in [0.4, 0.5) is 0 Å². The van der Waals surface area contributed by atoms with Crippen molar-refractivity contribution in [2.75, 3.05) is 13.8 Å². The molecule has 0 fully saturated rings. The Morgan fingerprint density at radius 3 is 2.67 bits per heavy atom. The molecule has 5 heteroatoms. The topological polar surface area (TPSA) is 51.9 Å². The summed E-state index contributed by atoms with van der Waals surface area (Å²) in [6, 6.07) is 13.6. The van der Waals surface area contributed by atoms with E-state index in [-0.39, 0.29) is 5.63 Å². The van der Waals surface area contributed by atoms with Crippen molar-refractivity contribution in [1.82, 2.24) is 4.90 Å². The Hall–Kier alpha value is -2.79. The van der Waals surface area contributed by atoms with Crippen LogP contribution in [0.1, 0.15) is 25.8 Å². The molecule has 0 bridgehead atoms. The molecule has 0 N–H and O–H groups in total. The van der Waals surface area contributed by atoms with E-state index in [1.807, 2.05) is 36.4 Å². The van der Waals surface area contributed by atoms with E-state index in [0.29, 0.717) is 24.9 Å². The van der Waals surface area contributed by atoms with E-state index < -0.39 is 0 Å². The van der Waals surface area contributed by atoms with Gasteiger partial charge in [0.25, 0.3) is 0 Å².